The SMILES string of the molecule is CCC1CCC(C(NC)c2ccc(C)cc2Cl)CC1. The summed E-state index contributed by atoms with van der Waals surface area (Å²) < 4.78 is 0. The van der Waals surface area contributed by atoms with Gasteiger partial charge in [0, 0.05) is 11.1 Å². The smallest absolute Gasteiger partial charge is 0.0456 e. The maximum absolute atomic E-state index is 6.44. The summed E-state index contributed by atoms with van der Waals surface area (Å²) >= 11 is 6.44. The van der Waals surface area contributed by atoms with Crippen molar-refractivity contribution in [2.24, 2.45) is 11.8 Å². The van der Waals surface area contributed by atoms with Gasteiger partial charge in [0.15, 0.2) is 0 Å². The van der Waals surface area contributed by atoms with Crippen LogP contribution in [0.3, 0.4) is 0 Å². The number of hydrogen-bond donors (Lipinski definition) is 1. The van der Waals surface area contributed by atoms with Crippen molar-refractivity contribution >= 4 is 11.6 Å². The summed E-state index contributed by atoms with van der Waals surface area (Å²) in [6.07, 6.45) is 6.75. The second kappa shape index (κ2) is 6.76. The largest absolute Gasteiger partial charge is 0.313 e. The minimum Gasteiger partial charge on any atom is -0.313 e. The van der Waals surface area contributed by atoms with Crippen LogP contribution >= 0.6 is 11.6 Å². The third-order valence-corrected chi connectivity index (χ3v) is 5.07. The van der Waals surface area contributed by atoms with Gasteiger partial charge in [-0.3, -0.25) is 0 Å². The van der Waals surface area contributed by atoms with Crippen LogP contribution in [0.25, 0.3) is 0 Å². The number of halogens is 1. The highest BCUT2D eigenvalue weighted by molar-refractivity contribution is 6.31. The van der Waals surface area contributed by atoms with Gasteiger partial charge in [-0.25, -0.2) is 0 Å². The van der Waals surface area contributed by atoms with E-state index in [1.165, 1.54) is 43.2 Å². The zero-order valence-corrected chi connectivity index (χ0v) is 13.1. The van der Waals surface area contributed by atoms with Crippen molar-refractivity contribution in [2.45, 2.75) is 52.0 Å². The average molecular weight is 280 g/mol. The molecule has 1 N–H and O–H groups in total. The molecule has 1 aromatic carbocycles. The molecule has 1 fully saturated rings. The second-order valence-corrected chi connectivity index (χ2v) is 6.39. The number of rotatable bonds is 4. The fraction of sp³-hybridized carbons (Fsp3) is 0.647. The summed E-state index contributed by atoms with van der Waals surface area (Å²) in [6.45, 7) is 4.41. The van der Waals surface area contributed by atoms with Gasteiger partial charge in [0.1, 0.15) is 0 Å². The standard InChI is InChI=1S/C17H26ClN/c1-4-13-6-8-14(9-7-13)17(19-3)15-10-5-12(2)11-16(15)18/h5,10-11,13-14,17,19H,4,6-9H2,1-3H3. The lowest BCUT2D eigenvalue weighted by molar-refractivity contribution is 0.224. The van der Waals surface area contributed by atoms with Crippen LogP contribution in [0.1, 0.15) is 56.2 Å². The lowest BCUT2D eigenvalue weighted by Gasteiger charge is -2.34. The lowest BCUT2D eigenvalue weighted by Crippen LogP contribution is -2.29. The van der Waals surface area contributed by atoms with Crippen LogP contribution in [-0.2, 0) is 0 Å². The first-order valence-electron chi connectivity index (χ1n) is 7.59. The number of aryl methyl sites for hydroxylation is 1. The molecule has 0 spiro atoms. The quantitative estimate of drug-likeness (QED) is 0.806. The van der Waals surface area contributed by atoms with E-state index in [-0.39, 0.29) is 0 Å². The Morgan fingerprint density at radius 2 is 1.95 bits per heavy atom. The molecule has 0 radical (unpaired) electrons. The third kappa shape index (κ3) is 3.52. The molecule has 1 unspecified atom stereocenters. The van der Waals surface area contributed by atoms with Gasteiger partial charge in [-0.15, -0.1) is 0 Å². The van der Waals surface area contributed by atoms with E-state index in [1.54, 1.807) is 0 Å². The minimum absolute atomic E-state index is 0.408. The van der Waals surface area contributed by atoms with Crippen LogP contribution in [0.2, 0.25) is 5.02 Å². The van der Waals surface area contributed by atoms with Crippen molar-refractivity contribution in [3.05, 3.63) is 34.3 Å². The van der Waals surface area contributed by atoms with E-state index in [0.29, 0.717) is 6.04 Å². The molecule has 0 aromatic heterocycles. The highest BCUT2D eigenvalue weighted by Crippen LogP contribution is 2.39. The maximum Gasteiger partial charge on any atom is 0.0456 e. The Bertz CT molecular complexity index is 408. The van der Waals surface area contributed by atoms with E-state index in [1.807, 2.05) is 0 Å². The number of nitrogens with one attached hydrogen (secondary N) is 1. The van der Waals surface area contributed by atoms with E-state index >= 15 is 0 Å². The zero-order valence-electron chi connectivity index (χ0n) is 12.4. The van der Waals surface area contributed by atoms with Gasteiger partial charge in [0.05, 0.1) is 0 Å². The Kier molecular flexibility index (Phi) is 5.29. The van der Waals surface area contributed by atoms with Crippen LogP contribution < -0.4 is 5.32 Å². The highest BCUT2D eigenvalue weighted by Gasteiger charge is 2.28. The Balaban J connectivity index is 2.12. The summed E-state index contributed by atoms with van der Waals surface area (Å²) in [5.74, 6) is 1.68. The van der Waals surface area contributed by atoms with Gasteiger partial charge < -0.3 is 5.32 Å². The van der Waals surface area contributed by atoms with Crippen LogP contribution in [0.4, 0.5) is 0 Å². The molecule has 1 aromatic rings. The number of benzene rings is 1. The highest BCUT2D eigenvalue weighted by atomic mass is 35.5. The van der Waals surface area contributed by atoms with Crippen LogP contribution in [0, 0.1) is 18.8 Å². The number of hydrogen-bond acceptors (Lipinski definition) is 1. The van der Waals surface area contributed by atoms with Crippen molar-refractivity contribution in [3.8, 4) is 0 Å². The molecular weight excluding hydrogens is 254 g/mol. The van der Waals surface area contributed by atoms with Crippen molar-refractivity contribution in [1.29, 1.82) is 0 Å². The van der Waals surface area contributed by atoms with Crippen molar-refractivity contribution < 1.29 is 0 Å². The Labute approximate surface area is 122 Å². The van der Waals surface area contributed by atoms with Crippen LogP contribution in [-0.4, -0.2) is 7.05 Å². The van der Waals surface area contributed by atoms with E-state index in [9.17, 15) is 0 Å². The van der Waals surface area contributed by atoms with Crippen molar-refractivity contribution in [3.63, 3.8) is 0 Å². The molecule has 1 aliphatic carbocycles. The fourth-order valence-corrected chi connectivity index (χ4v) is 3.81. The molecule has 19 heavy (non-hydrogen) atoms. The second-order valence-electron chi connectivity index (χ2n) is 5.98. The van der Waals surface area contributed by atoms with E-state index in [4.69, 9.17) is 11.6 Å². The first-order chi connectivity index (χ1) is 9.15. The lowest BCUT2D eigenvalue weighted by atomic mass is 9.76. The predicted octanol–water partition coefficient (Wildman–Crippen LogP) is 5.13. The zero-order chi connectivity index (χ0) is 13.8. The molecule has 1 nitrogen and oxygen atoms in total. The van der Waals surface area contributed by atoms with Crippen LogP contribution in [0.15, 0.2) is 18.2 Å². The normalized spacial score (nSPS) is 25.3. The molecular formula is C17H26ClN. The molecule has 106 valence electrons. The van der Waals surface area contributed by atoms with Gasteiger partial charge in [-0.2, -0.15) is 0 Å². The van der Waals surface area contributed by atoms with E-state index < -0.39 is 0 Å². The monoisotopic (exact) mass is 279 g/mol. The molecule has 0 amide bonds. The van der Waals surface area contributed by atoms with Gasteiger partial charge >= 0.3 is 0 Å². The molecule has 0 saturated heterocycles. The minimum atomic E-state index is 0.408. The molecule has 0 bridgehead atoms. The Hall–Kier alpha value is -0.530. The van der Waals surface area contributed by atoms with E-state index in [0.717, 1.165) is 16.9 Å². The topological polar surface area (TPSA) is 12.0 Å². The molecule has 1 atom stereocenters. The summed E-state index contributed by atoms with van der Waals surface area (Å²) in [5, 5.41) is 4.41. The molecule has 0 heterocycles. The third-order valence-electron chi connectivity index (χ3n) is 4.74. The molecule has 1 saturated carbocycles. The first kappa shape index (κ1) is 14.9. The maximum atomic E-state index is 6.44. The summed E-state index contributed by atoms with van der Waals surface area (Å²) in [5.41, 5.74) is 2.51. The first-order valence-corrected chi connectivity index (χ1v) is 7.96. The van der Waals surface area contributed by atoms with Gasteiger partial charge in [0.25, 0.3) is 0 Å². The summed E-state index contributed by atoms with van der Waals surface area (Å²) in [6, 6.07) is 6.86. The Morgan fingerprint density at radius 3 is 2.47 bits per heavy atom. The molecule has 2 rings (SSSR count). The summed E-state index contributed by atoms with van der Waals surface area (Å²) in [4.78, 5) is 0. The molecule has 2 heteroatoms. The molecule has 1 aliphatic rings. The van der Waals surface area contributed by atoms with Gasteiger partial charge in [-0.05, 0) is 55.8 Å². The van der Waals surface area contributed by atoms with Crippen molar-refractivity contribution in [1.82, 2.24) is 5.32 Å². The summed E-state index contributed by atoms with van der Waals surface area (Å²) in [7, 11) is 2.06. The van der Waals surface area contributed by atoms with E-state index in [2.05, 4.69) is 44.4 Å². The van der Waals surface area contributed by atoms with Gasteiger partial charge in [0.2, 0.25) is 0 Å². The van der Waals surface area contributed by atoms with Gasteiger partial charge in [-0.1, -0.05) is 49.9 Å². The fourth-order valence-electron chi connectivity index (χ4n) is 3.46. The predicted molar refractivity (Wildman–Crippen MR) is 83.7 cm³/mol. The Morgan fingerprint density at radius 1 is 1.26 bits per heavy atom. The average Bonchev–Trinajstić information content (AvgIpc) is 2.42. The van der Waals surface area contributed by atoms with Crippen LogP contribution in [0.5, 0.6) is 0 Å². The molecule has 0 aliphatic heterocycles. The van der Waals surface area contributed by atoms with Crippen molar-refractivity contribution in [2.75, 3.05) is 7.05 Å².